The van der Waals surface area contributed by atoms with Crippen molar-refractivity contribution in [2.24, 2.45) is 9.98 Å². The molecule has 2 aromatic rings. The third kappa shape index (κ3) is 16.6. The summed E-state index contributed by atoms with van der Waals surface area (Å²) in [4.78, 5) is 12.8. The molecule has 2 aromatic carbocycles. The second-order valence-corrected chi connectivity index (χ2v) is 26.7. The number of hydrogen-bond acceptors (Lipinski definition) is 5. The summed E-state index contributed by atoms with van der Waals surface area (Å²) in [5.74, 6) is 0. The Morgan fingerprint density at radius 3 is 1.48 bits per heavy atom. The molecule has 0 unspecified atom stereocenters. The number of nitrogens with zero attached hydrogens (tertiary/aromatic N) is 3. The summed E-state index contributed by atoms with van der Waals surface area (Å²) in [6, 6.07) is 12.7. The van der Waals surface area contributed by atoms with Crippen LogP contribution in [0.4, 0.5) is 11.4 Å². The van der Waals surface area contributed by atoms with Gasteiger partial charge in [0, 0.05) is 26.3 Å². The molecule has 0 bridgehead atoms. The molecule has 0 aliphatic carbocycles. The molecule has 0 N–H and O–H groups in total. The van der Waals surface area contributed by atoms with E-state index in [1.54, 1.807) is 0 Å². The zero-order chi connectivity index (χ0) is 31.9. The Hall–Kier alpha value is -0.453. The number of rotatable bonds is 15. The first-order chi connectivity index (χ1) is 19.6. The first-order valence-corrected chi connectivity index (χ1v) is 26.4. The maximum atomic E-state index is 6.19. The quantitative estimate of drug-likeness (QED) is 0.133. The van der Waals surface area contributed by atoms with Crippen LogP contribution in [0, 0.1) is 27.7 Å². The Morgan fingerprint density at radius 2 is 1.10 bits per heavy atom. The van der Waals surface area contributed by atoms with Gasteiger partial charge in [0.05, 0.1) is 22.8 Å². The van der Waals surface area contributed by atoms with Gasteiger partial charge in [-0.05, 0) is 116 Å². The first-order valence-electron chi connectivity index (χ1n) is 14.7. The zero-order valence-corrected chi connectivity index (χ0v) is 33.8. The molecule has 10 heteroatoms. The Bertz CT molecular complexity index is 1100. The average Bonchev–Trinajstić information content (AvgIpc) is 2.86. The molecule has 2 rings (SSSR count). The van der Waals surface area contributed by atoms with Gasteiger partial charge in [-0.1, -0.05) is 36.4 Å². The molecule has 42 heavy (non-hydrogen) atoms. The zero-order valence-electron chi connectivity index (χ0n) is 27.6. The van der Waals surface area contributed by atoms with Gasteiger partial charge in [0.2, 0.25) is 0 Å². The van der Waals surface area contributed by atoms with Crippen LogP contribution in [0.15, 0.2) is 46.4 Å². The monoisotopic (exact) mass is 783 g/mol. The van der Waals surface area contributed by atoms with E-state index in [-0.39, 0.29) is 0 Å². The van der Waals surface area contributed by atoms with Crippen molar-refractivity contribution in [3.63, 3.8) is 0 Å². The predicted octanol–water partition coefficient (Wildman–Crippen LogP) is 10.3. The van der Waals surface area contributed by atoms with E-state index in [1.807, 2.05) is 0 Å². The van der Waals surface area contributed by atoms with E-state index in [1.165, 1.54) is 33.2 Å². The molecule has 0 saturated carbocycles. The van der Waals surface area contributed by atoms with Gasteiger partial charge in [0.1, 0.15) is 0 Å². The number of para-hydroxylation sites is 2. The number of aliphatic imine (C=N–C) groups is 2. The molecule has 0 amide bonds. The van der Waals surface area contributed by atoms with Crippen molar-refractivity contribution in [3.05, 3.63) is 58.7 Å². The second-order valence-electron chi connectivity index (χ2n) is 12.6. The van der Waals surface area contributed by atoms with E-state index in [0.29, 0.717) is 0 Å². The van der Waals surface area contributed by atoms with E-state index in [0.717, 1.165) is 68.5 Å². The number of aryl methyl sites for hydroxylation is 4. The van der Waals surface area contributed by atoms with Gasteiger partial charge in [-0.15, -0.1) is 0 Å². The Labute approximate surface area is 279 Å². The fourth-order valence-electron chi connectivity index (χ4n) is 4.42. The molecule has 0 aromatic heterocycles. The predicted molar refractivity (Wildman–Crippen MR) is 194 cm³/mol. The summed E-state index contributed by atoms with van der Waals surface area (Å²) in [6.45, 7) is 28.5. The Balaban J connectivity index is 0.00000281. The molecule has 0 aliphatic heterocycles. The van der Waals surface area contributed by atoms with E-state index in [4.69, 9.17) is 18.8 Å². The molecule has 0 spiro atoms. The molecular weight excluding hydrogens is 733 g/mol. The molecule has 0 aliphatic rings. The molecule has 0 fully saturated rings. The van der Waals surface area contributed by atoms with Crippen molar-refractivity contribution in [1.82, 2.24) is 4.90 Å². The van der Waals surface area contributed by atoms with Gasteiger partial charge in [-0.3, -0.25) is 14.9 Å². The molecule has 0 saturated heterocycles. The van der Waals surface area contributed by atoms with E-state index in [2.05, 4.69) is 144 Å². The summed E-state index contributed by atoms with van der Waals surface area (Å²) in [5, 5.41) is 0. The number of hydrogen-bond donors (Lipinski definition) is 0. The van der Waals surface area contributed by atoms with Gasteiger partial charge < -0.3 is 8.85 Å². The third-order valence-electron chi connectivity index (χ3n) is 6.60. The van der Waals surface area contributed by atoms with Crippen LogP contribution in [0.2, 0.25) is 39.3 Å². The van der Waals surface area contributed by atoms with Gasteiger partial charge in [-0.2, -0.15) is 0 Å². The first kappa shape index (κ1) is 39.6. The fourth-order valence-corrected chi connectivity index (χ4v) is 5.82. The molecular formula is C32H53Br2N3NiO2Si2. The van der Waals surface area contributed by atoms with Crippen LogP contribution >= 0.6 is 28.5 Å². The maximum absolute atomic E-state index is 6.19. The van der Waals surface area contributed by atoms with Crippen molar-refractivity contribution in [3.8, 4) is 0 Å². The van der Waals surface area contributed by atoms with Crippen molar-refractivity contribution >= 4 is 67.9 Å². The summed E-state index contributed by atoms with van der Waals surface area (Å²) in [5.41, 5.74) is 8.94. The van der Waals surface area contributed by atoms with Crippen molar-refractivity contribution in [2.75, 3.05) is 32.8 Å². The Kier molecular flexibility index (Phi) is 18.7. The summed E-state index contributed by atoms with van der Waals surface area (Å²) in [6.07, 6.45) is 1.87. The topological polar surface area (TPSA) is 46.4 Å². The molecule has 240 valence electrons. The summed E-state index contributed by atoms with van der Waals surface area (Å²) in [7, 11) is -1.82. The van der Waals surface area contributed by atoms with E-state index >= 15 is 0 Å². The molecule has 0 atom stereocenters. The van der Waals surface area contributed by atoms with Crippen LogP contribution in [0.25, 0.3) is 0 Å². The van der Waals surface area contributed by atoms with Crippen LogP contribution in [0.1, 0.15) is 42.0 Å². The van der Waals surface area contributed by atoms with Crippen LogP contribution in [-0.4, -0.2) is 65.8 Å². The minimum absolute atomic E-state index is 0.777. The van der Waals surface area contributed by atoms with Gasteiger partial charge in [0.15, 0.2) is 16.6 Å². The number of benzene rings is 2. The normalized spacial score (nSPS) is 13.0. The molecule has 0 heterocycles. The fraction of sp³-hybridized carbons (Fsp3) is 0.562. The molecule has 5 nitrogen and oxygen atoms in total. The standard InChI is InChI=1S/C32H53N3O2Si2.2BrH.Ni/c1-25-15-12-16-26(2)31(25)33-29(5)30(34-32-27(3)17-13-18-28(32)4)19-14-20-35(21-23-36-38(6,7)8)22-24-37-39(9,10)11;;;/h12-13,15-18H,14,19-24H2,1-11H3;2*1H;/q;;;+2/p-2. The number of halogens is 2. The Morgan fingerprint density at radius 1 is 0.714 bits per heavy atom. The van der Waals surface area contributed by atoms with Crippen molar-refractivity contribution in [2.45, 2.75) is 86.7 Å². The van der Waals surface area contributed by atoms with Crippen molar-refractivity contribution in [1.29, 1.82) is 0 Å². The SMILES string of the molecule is CC(=Nc1c(C)cccc1C)C(CCCN(CCO[Si](C)(C)C)CCO[Si](C)(C)C)=Nc1c(C)cccc1C.[Br][Ni][Br]. The third-order valence-corrected chi connectivity index (χ3v) is 8.74. The van der Waals surface area contributed by atoms with Crippen LogP contribution in [0.3, 0.4) is 0 Å². The molecule has 0 radical (unpaired) electrons. The summed E-state index contributed by atoms with van der Waals surface area (Å²) >= 11 is 6.00. The van der Waals surface area contributed by atoms with Gasteiger partial charge in [-0.25, -0.2) is 0 Å². The summed E-state index contributed by atoms with van der Waals surface area (Å²) < 4.78 is 12.4. The van der Waals surface area contributed by atoms with Gasteiger partial charge in [0.25, 0.3) is 0 Å². The average molecular weight is 786 g/mol. The van der Waals surface area contributed by atoms with Crippen LogP contribution in [0.5, 0.6) is 0 Å². The second kappa shape index (κ2) is 19.8. The van der Waals surface area contributed by atoms with Crippen LogP contribution in [-0.2, 0) is 19.7 Å². The minimum atomic E-state index is -1.54. The van der Waals surface area contributed by atoms with E-state index < -0.39 is 16.6 Å². The van der Waals surface area contributed by atoms with Crippen LogP contribution < -0.4 is 0 Å². The van der Waals surface area contributed by atoms with Gasteiger partial charge >= 0.3 is 39.3 Å². The van der Waals surface area contributed by atoms with E-state index in [9.17, 15) is 0 Å². The van der Waals surface area contributed by atoms with Crippen molar-refractivity contribution < 1.29 is 19.7 Å².